The molecule has 0 fully saturated rings. The molecule has 2 rings (SSSR count). The molecule has 24 heavy (non-hydrogen) atoms. The number of methoxy groups -OCH3 is 1. The first-order valence-electron chi connectivity index (χ1n) is 7.17. The quantitative estimate of drug-likeness (QED) is 0.892. The Hall–Kier alpha value is -3.03. The van der Waals surface area contributed by atoms with Crippen molar-refractivity contribution in [3.8, 4) is 11.4 Å². The summed E-state index contributed by atoms with van der Waals surface area (Å²) >= 11 is 0. The predicted molar refractivity (Wildman–Crippen MR) is 86.9 cm³/mol. The first kappa shape index (κ1) is 17.3. The Balaban J connectivity index is 2.38. The number of carboxylic acid groups (broad SMARTS) is 1. The molecule has 8 heteroatoms. The average molecular weight is 333 g/mol. The summed E-state index contributed by atoms with van der Waals surface area (Å²) in [5, 5.41) is 15.8. The maximum atomic E-state index is 12.0. The molecule has 1 aromatic heterocycles. The number of hydrogen-bond acceptors (Lipinski definition) is 5. The third-order valence-corrected chi connectivity index (χ3v) is 2.94. The molecule has 0 aliphatic rings. The normalized spacial score (nSPS) is 11.0. The van der Waals surface area contributed by atoms with E-state index in [1.165, 1.54) is 10.9 Å². The minimum atomic E-state index is -1.21. The molecule has 2 N–H and O–H groups in total. The van der Waals surface area contributed by atoms with Crippen molar-refractivity contribution in [3.05, 3.63) is 36.0 Å². The van der Waals surface area contributed by atoms with Crippen LogP contribution in [0.5, 0.6) is 5.75 Å². The number of aromatic carboxylic acids is 1. The lowest BCUT2D eigenvalue weighted by Gasteiger charge is -2.20. The van der Waals surface area contributed by atoms with E-state index in [4.69, 9.17) is 9.47 Å². The lowest BCUT2D eigenvalue weighted by Crippen LogP contribution is -2.28. The number of amides is 1. The highest BCUT2D eigenvalue weighted by atomic mass is 16.6. The van der Waals surface area contributed by atoms with Gasteiger partial charge in [0.2, 0.25) is 0 Å². The van der Waals surface area contributed by atoms with Crippen LogP contribution in [0.1, 0.15) is 31.1 Å². The number of hydrogen-bond donors (Lipinski definition) is 2. The van der Waals surface area contributed by atoms with Gasteiger partial charge < -0.3 is 14.6 Å². The molecule has 0 saturated heterocycles. The van der Waals surface area contributed by atoms with Gasteiger partial charge in [-0.25, -0.2) is 14.3 Å². The van der Waals surface area contributed by atoms with Gasteiger partial charge in [0.1, 0.15) is 16.9 Å². The number of aromatic nitrogens is 2. The summed E-state index contributed by atoms with van der Waals surface area (Å²) in [6.07, 6.45) is 0.402. The van der Waals surface area contributed by atoms with Crippen LogP contribution in [0.4, 0.5) is 10.6 Å². The molecule has 0 aliphatic heterocycles. The van der Waals surface area contributed by atoms with Crippen LogP contribution >= 0.6 is 0 Å². The topological polar surface area (TPSA) is 103 Å². The Bertz CT molecular complexity index is 744. The van der Waals surface area contributed by atoms with Gasteiger partial charge in [-0.2, -0.15) is 5.10 Å². The lowest BCUT2D eigenvalue weighted by atomic mass is 10.2. The van der Waals surface area contributed by atoms with Crippen LogP contribution in [0.3, 0.4) is 0 Å². The van der Waals surface area contributed by atoms with Crippen molar-refractivity contribution in [2.75, 3.05) is 12.4 Å². The van der Waals surface area contributed by atoms with Crippen molar-refractivity contribution in [2.45, 2.75) is 26.4 Å². The highest BCUT2D eigenvalue weighted by molar-refractivity contribution is 5.97. The first-order valence-corrected chi connectivity index (χ1v) is 7.17. The monoisotopic (exact) mass is 333 g/mol. The van der Waals surface area contributed by atoms with Gasteiger partial charge in [0, 0.05) is 0 Å². The van der Waals surface area contributed by atoms with Crippen LogP contribution in [-0.2, 0) is 4.74 Å². The molecule has 0 unspecified atom stereocenters. The molecule has 0 bridgehead atoms. The Morgan fingerprint density at radius 3 is 2.33 bits per heavy atom. The molecule has 1 heterocycles. The zero-order chi connectivity index (χ0) is 17.9. The number of benzene rings is 1. The van der Waals surface area contributed by atoms with E-state index in [1.807, 2.05) is 0 Å². The summed E-state index contributed by atoms with van der Waals surface area (Å²) in [5.74, 6) is -0.547. The number of nitrogens with one attached hydrogen (secondary N) is 1. The molecule has 1 aromatic carbocycles. The maximum Gasteiger partial charge on any atom is 0.413 e. The molecule has 1 amide bonds. The van der Waals surface area contributed by atoms with Gasteiger partial charge in [0.25, 0.3) is 0 Å². The molecule has 0 saturated carbocycles. The number of anilines is 1. The van der Waals surface area contributed by atoms with Crippen molar-refractivity contribution in [3.63, 3.8) is 0 Å². The fourth-order valence-electron chi connectivity index (χ4n) is 1.94. The summed E-state index contributed by atoms with van der Waals surface area (Å²) in [5.41, 5.74) is -0.288. The van der Waals surface area contributed by atoms with Gasteiger partial charge in [-0.15, -0.1) is 0 Å². The van der Waals surface area contributed by atoms with Crippen LogP contribution in [-0.4, -0.2) is 39.7 Å². The number of nitrogens with zero attached hydrogens (tertiary/aromatic N) is 2. The minimum absolute atomic E-state index is 0.0157. The van der Waals surface area contributed by atoms with Gasteiger partial charge >= 0.3 is 12.1 Å². The summed E-state index contributed by atoms with van der Waals surface area (Å²) < 4.78 is 11.6. The smallest absolute Gasteiger partial charge is 0.413 e. The van der Waals surface area contributed by atoms with E-state index in [0.717, 1.165) is 0 Å². The fourth-order valence-corrected chi connectivity index (χ4v) is 1.94. The van der Waals surface area contributed by atoms with Crippen molar-refractivity contribution in [1.82, 2.24) is 9.78 Å². The van der Waals surface area contributed by atoms with Gasteiger partial charge in [-0.1, -0.05) is 0 Å². The Morgan fingerprint density at radius 1 is 1.21 bits per heavy atom. The molecule has 2 aromatic rings. The Labute approximate surface area is 139 Å². The lowest BCUT2D eigenvalue weighted by molar-refractivity contribution is 0.0635. The largest absolute Gasteiger partial charge is 0.497 e. The molecule has 0 atom stereocenters. The van der Waals surface area contributed by atoms with E-state index in [9.17, 15) is 14.7 Å². The molecule has 0 aliphatic carbocycles. The van der Waals surface area contributed by atoms with E-state index < -0.39 is 17.7 Å². The van der Waals surface area contributed by atoms with Crippen molar-refractivity contribution in [2.24, 2.45) is 0 Å². The van der Waals surface area contributed by atoms with E-state index in [1.54, 1.807) is 52.1 Å². The second kappa shape index (κ2) is 6.61. The predicted octanol–water partition coefficient (Wildman–Crippen LogP) is 2.93. The Kier molecular flexibility index (Phi) is 4.77. The standard InChI is InChI=1S/C16H19N3O5/c1-16(2,3)24-15(22)18-13-12(14(20)21)9-17-19(13)10-5-7-11(23-4)8-6-10/h5-9H,1-4H3,(H,18,22)(H,20,21). The van der Waals surface area contributed by atoms with Gasteiger partial charge in [0.05, 0.1) is 19.0 Å². The molecular formula is C16H19N3O5. The molecule has 128 valence electrons. The third kappa shape index (κ3) is 4.03. The van der Waals surface area contributed by atoms with Crippen molar-refractivity contribution in [1.29, 1.82) is 0 Å². The molecular weight excluding hydrogens is 314 g/mol. The number of carbonyl (C=O) groups excluding carboxylic acids is 1. The number of carboxylic acids is 1. The van der Waals surface area contributed by atoms with Crippen LogP contribution in [0.2, 0.25) is 0 Å². The Morgan fingerprint density at radius 2 is 1.83 bits per heavy atom. The first-order chi connectivity index (χ1) is 11.2. The zero-order valence-electron chi connectivity index (χ0n) is 13.9. The highest BCUT2D eigenvalue weighted by Crippen LogP contribution is 2.23. The third-order valence-electron chi connectivity index (χ3n) is 2.94. The van der Waals surface area contributed by atoms with E-state index in [2.05, 4.69) is 10.4 Å². The van der Waals surface area contributed by atoms with Crippen LogP contribution < -0.4 is 10.1 Å². The molecule has 0 spiro atoms. The van der Waals surface area contributed by atoms with Crippen molar-refractivity contribution < 1.29 is 24.2 Å². The van der Waals surface area contributed by atoms with Crippen LogP contribution in [0.25, 0.3) is 5.69 Å². The molecule has 0 radical (unpaired) electrons. The van der Waals surface area contributed by atoms with Crippen LogP contribution in [0, 0.1) is 0 Å². The van der Waals surface area contributed by atoms with Gasteiger partial charge in [-0.05, 0) is 45.0 Å². The average Bonchev–Trinajstić information content (AvgIpc) is 2.89. The van der Waals surface area contributed by atoms with E-state index in [-0.39, 0.29) is 11.4 Å². The van der Waals surface area contributed by atoms with Crippen LogP contribution in [0.15, 0.2) is 30.5 Å². The molecule has 8 nitrogen and oxygen atoms in total. The number of ether oxygens (including phenoxy) is 2. The zero-order valence-corrected chi connectivity index (χ0v) is 13.9. The van der Waals surface area contributed by atoms with Gasteiger partial charge in [0.15, 0.2) is 5.82 Å². The maximum absolute atomic E-state index is 12.0. The summed E-state index contributed by atoms with van der Waals surface area (Å²) in [6, 6.07) is 6.79. The summed E-state index contributed by atoms with van der Waals surface area (Å²) in [7, 11) is 1.54. The number of carbonyl (C=O) groups is 2. The summed E-state index contributed by atoms with van der Waals surface area (Å²) in [4.78, 5) is 23.4. The minimum Gasteiger partial charge on any atom is -0.497 e. The van der Waals surface area contributed by atoms with Gasteiger partial charge in [-0.3, -0.25) is 5.32 Å². The van der Waals surface area contributed by atoms with E-state index >= 15 is 0 Å². The SMILES string of the molecule is COc1ccc(-n2ncc(C(=O)O)c2NC(=O)OC(C)(C)C)cc1. The summed E-state index contributed by atoms with van der Waals surface area (Å²) in [6.45, 7) is 5.14. The fraction of sp³-hybridized carbons (Fsp3) is 0.312. The second-order valence-corrected chi connectivity index (χ2v) is 5.95. The highest BCUT2D eigenvalue weighted by Gasteiger charge is 2.23. The van der Waals surface area contributed by atoms with Crippen molar-refractivity contribution >= 4 is 17.9 Å². The van der Waals surface area contributed by atoms with E-state index in [0.29, 0.717) is 11.4 Å². The number of rotatable bonds is 4. The second-order valence-electron chi connectivity index (χ2n) is 5.95.